The minimum Gasteiger partial charge on any atom is -0.370 e. The zero-order chi connectivity index (χ0) is 104. The second-order valence-corrected chi connectivity index (χ2v) is 23.3. The first kappa shape index (κ1) is 119. The zero-order valence-electron chi connectivity index (χ0n) is 77.8. The zero-order valence-corrected chi connectivity index (χ0v) is 77.8. The van der Waals surface area contributed by atoms with Crippen LogP contribution in [0.2, 0.25) is 0 Å². The van der Waals surface area contributed by atoms with Crippen molar-refractivity contribution < 1.29 is 140 Å². The third-order valence-electron chi connectivity index (χ3n) is 12.8. The number of aryl methyl sites for hydroxylation is 1. The summed E-state index contributed by atoms with van der Waals surface area (Å²) in [5.74, 6) is 199. The monoisotopic (exact) mass is 1960 g/mol. The number of nitrogen functional groups attached to an aromatic ring is 1. The summed E-state index contributed by atoms with van der Waals surface area (Å²) in [4.78, 5) is 66.9. The Labute approximate surface area is 942 Å². The number of aromatic nitrogens is 3. The van der Waals surface area contributed by atoms with Crippen LogP contribution in [0.4, 0.5) is 17.1 Å². The van der Waals surface area contributed by atoms with Crippen LogP contribution in [0.5, 0.6) is 0 Å². The van der Waals surface area contributed by atoms with Gasteiger partial charge in [-0.25, -0.2) is 9.13 Å². The predicted octanol–water partition coefficient (Wildman–Crippen LogP) is 20.4. The van der Waals surface area contributed by atoms with E-state index in [4.69, 9.17) is 28.3 Å². The molecule has 0 saturated heterocycles. The Hall–Kier alpha value is -24.1. The highest BCUT2D eigenvalue weighted by Gasteiger charge is 2.14. The Kier molecular flexibility index (Phi) is 76.5. The quantitative estimate of drug-likeness (QED) is 0.0254. The maximum absolute atomic E-state index is 12.1. The maximum atomic E-state index is 12.1. The Bertz CT molecular complexity index is 8360. The van der Waals surface area contributed by atoms with E-state index in [0.717, 1.165) is 0 Å². The molecule has 14 N–H and O–H groups in total. The molecule has 19 nitrogen and oxygen atoms in total. The number of pyridine rings is 3. The van der Waals surface area contributed by atoms with Crippen LogP contribution in [-0.4, -0.2) is 72.6 Å². The predicted molar refractivity (Wildman–Crippen MR) is 711 cm³/mol. The molecule has 0 aliphatic carbocycles. The van der Waals surface area contributed by atoms with Gasteiger partial charge in [0.05, 0.1) is 54.2 Å². The van der Waals surface area contributed by atoms with E-state index in [-0.39, 0.29) is 148 Å². The number of rotatable bonds is 13. The van der Waals surface area contributed by atoms with Gasteiger partial charge < -0.3 is 43.8 Å². The fourth-order valence-corrected chi connectivity index (χ4v) is 6.54. The molecule has 5 atom stereocenters. The van der Waals surface area contributed by atoms with E-state index in [0.29, 0.717) is 43.2 Å². The SMILES string of the molecule is CC#CC#CC#CC#CC#CC#CC#CC#CC(C)C(=O)NCCN.CC#CC#CC#CC#CC#CC#CC#CC#CC(C)C(=O)NCCN=C(N)N.CC#CC#CC#CC#CC#CC#CC#CC#CC(C)C(=O)Nc1cc[n+](C(=N)N)cc1.CC#CC#CC#CC#CC#CC#CC#CC#CC(C)C(=O)Nc1cc[n+](C)cc1.CC#CC#CC#CC#CC#CC#CC#CC#CC(C)C(=O)Nc1ccncc1.[HH].[HH].[HH].[HH].[HH].[HH].[HH].[HH].[HH].[HH].[HH].[HH].[HH].[HH].[HH].[HH].[HH].[HH].[HH].[HH].[HH].[HH].[HH].[HH].[HH].[HH].[HH].[HH].[HH].[HH].[HH].[HH].[HH].[HH].[HH].[HH].[HH].[HH].[HH].[HH].[HH].[HH].[HH].[HH].[HH].[HH].[HH].[HH].[HH].[HH].[HH].[HH].[HH].[HH].[HH].[HH].[HH].[HH].[HH].[HH].[HH].[HH].[HH].[HH].[HH].[HH].[HH].[HH].[HH].[HH].[HH].[HH].[HH].[HH].[HH]. The molecule has 3 aromatic heterocycles. The number of nitrogens with zero attached hydrogens (tertiary/aromatic N) is 4. The summed E-state index contributed by atoms with van der Waals surface area (Å²) in [6.07, 6.45) is 10.0. The van der Waals surface area contributed by atoms with Gasteiger partial charge in [-0.05, 0) is 508 Å². The highest BCUT2D eigenvalue weighted by Crippen LogP contribution is 2.08. The normalized spacial score (nSPS) is 7.52. The Morgan fingerprint density at radius 2 is 0.482 bits per heavy atom. The summed E-state index contributed by atoms with van der Waals surface area (Å²) in [5.41, 5.74) is 22.9. The van der Waals surface area contributed by atoms with Crippen LogP contribution < -0.4 is 58.7 Å². The van der Waals surface area contributed by atoms with Gasteiger partial charge in [-0.2, -0.15) is 0 Å². The number of nitrogens with two attached hydrogens (primary N) is 4. The summed E-state index contributed by atoms with van der Waals surface area (Å²) >= 11 is 0. The van der Waals surface area contributed by atoms with Crippen LogP contribution in [0.15, 0.2) is 78.6 Å². The fourth-order valence-electron chi connectivity index (χ4n) is 6.54. The largest absolute Gasteiger partial charge is 0.386 e. The van der Waals surface area contributed by atoms with E-state index in [1.165, 1.54) is 4.57 Å². The molecule has 3 rings (SSSR count). The first-order valence-electron chi connectivity index (χ1n) is 39.8. The number of guanidine groups is 1. The van der Waals surface area contributed by atoms with Gasteiger partial charge in [-0.15, -0.1) is 5.41 Å². The van der Waals surface area contributed by atoms with E-state index < -0.39 is 29.6 Å². The molecule has 0 radical (unpaired) electrons. The number of aliphatic imine (C=N–C) groups is 1. The average molecular weight is 1970 g/mol. The van der Waals surface area contributed by atoms with Crippen molar-refractivity contribution in [1.29, 1.82) is 5.41 Å². The molecule has 0 aliphatic rings. The summed E-state index contributed by atoms with van der Waals surface area (Å²) in [6.45, 7) is 18.3. The Balaban J connectivity index is -0.0000000137. The highest BCUT2D eigenvalue weighted by atomic mass is 16.2. The number of hydrogen-bond acceptors (Lipinski definition) is 9. The van der Waals surface area contributed by atoms with Gasteiger partial charge in [-0.1, -0.05) is 59.2 Å². The molecule has 19 heteroatoms. The fraction of sp³-hybridized carbons (Fsp3) is 0.164. The van der Waals surface area contributed by atoms with Crippen molar-refractivity contribution in [3.8, 4) is 474 Å². The third-order valence-corrected chi connectivity index (χ3v) is 12.8. The second-order valence-electron chi connectivity index (χ2n) is 23.3. The molecule has 5 unspecified atom stereocenters. The maximum Gasteiger partial charge on any atom is 0.386 e. The Morgan fingerprint density at radius 1 is 0.298 bits per heavy atom. The molecule has 0 bridgehead atoms. The van der Waals surface area contributed by atoms with E-state index in [1.54, 1.807) is 118 Å². The van der Waals surface area contributed by atoms with Gasteiger partial charge in [0.25, 0.3) is 0 Å². The lowest BCUT2D eigenvalue weighted by Crippen LogP contribution is -2.47. The number of carbonyl (C=O) groups is 5. The van der Waals surface area contributed by atoms with Crippen molar-refractivity contribution in [2.24, 2.45) is 64.6 Å². The van der Waals surface area contributed by atoms with Gasteiger partial charge in [0.2, 0.25) is 29.5 Å². The molecule has 0 aromatic carbocycles. The number of hydrogen-bond donors (Lipinski definition) is 10. The molecule has 0 aliphatic heterocycles. The first-order valence-corrected chi connectivity index (χ1v) is 39.8. The van der Waals surface area contributed by atoms with Crippen LogP contribution >= 0.6 is 0 Å². The Morgan fingerprint density at radius 3 is 0.681 bits per heavy atom. The molecule has 0 fully saturated rings. The van der Waals surface area contributed by atoms with Crippen molar-refractivity contribution in [1.82, 2.24) is 15.6 Å². The minimum atomic E-state index is -0.572. The van der Waals surface area contributed by atoms with Gasteiger partial charge in [0.1, 0.15) is 7.05 Å². The van der Waals surface area contributed by atoms with Gasteiger partial charge >= 0.3 is 5.96 Å². The standard InChI is InChI=1S/C26H14N4O.C26H14N2O.C25H12N2O.C23H16N4O.C22H14N2O.75H2/c1-3-4-5-6-7-8-9-10-11-12-13-14-15-16-17-18-23(2)25(31)29-24-19-21-30(22-20-24)26(27)28;1-4-5-6-7-8-9-10-11-12-13-14-15-16-17-18-19-24(2)26(29)27-25-20-22-28(3)23-21-25;1-3-4-5-6-7-8-9-10-11-12-13-14-15-16-17-18-23(2)25(28)27-24-19-21-26-22-20-24;1-3-4-5-6-7-8-9-10-11-12-13-14-15-16-17-18-21(2)22(28)26-19-20-27-23(24)25;1-3-4-5-6-7-8-9-10-11-12-13-14-15-16-17-18-21(2)22(25)24-20-19-23;;;;;;;;;;;;;;;;;;;;;;;;;;;;;;;;;;;;;;;;;;;;;;;;;;;;;;;;;;;;;;;;;;;;;;;;;;;/h19-23H,1-2H3,(H3,27,28);20-24H,1-3H3;19-23H,1-2H3,(H,26,27,28);21H,19-20H2,1-2H3,(H,26,28)(H4,24,25,27);21H,19-20,23H2,1-2H3,(H,24,25);75*1H/p+2. The lowest BCUT2D eigenvalue weighted by Gasteiger charge is -2.06. The van der Waals surface area contributed by atoms with Gasteiger partial charge in [-0.3, -0.25) is 39.7 Å². The van der Waals surface area contributed by atoms with Crippen molar-refractivity contribution in [3.63, 3.8) is 0 Å². The molecule has 141 heavy (non-hydrogen) atoms. The first-order chi connectivity index (χ1) is 68.7. The third kappa shape index (κ3) is 81.4. The molecule has 5 amide bonds. The molecule has 3 aromatic rings. The smallest absolute Gasteiger partial charge is 0.370 e. The summed E-state index contributed by atoms with van der Waals surface area (Å²) in [6, 6.07) is 10.3. The van der Waals surface area contributed by atoms with E-state index >= 15 is 0 Å². The van der Waals surface area contributed by atoms with Crippen LogP contribution in [0.1, 0.15) is 176 Å². The molecule has 3 heterocycles. The number of anilines is 3. The van der Waals surface area contributed by atoms with Crippen molar-refractivity contribution in [3.05, 3.63) is 73.6 Å². The lowest BCUT2D eigenvalue weighted by atomic mass is 10.1. The topological polar surface area (TPSA) is 306 Å². The van der Waals surface area contributed by atoms with E-state index in [2.05, 4.69) is 510 Å². The van der Waals surface area contributed by atoms with Gasteiger partial charge in [0, 0.05) is 163 Å². The molecular weight excluding hydrogens is 1740 g/mol. The van der Waals surface area contributed by atoms with Crippen LogP contribution in [-0.2, 0) is 31.0 Å². The molecular formula is C122H222N14O5+2. The number of amides is 5. The summed E-state index contributed by atoms with van der Waals surface area (Å²) in [7, 11) is 1.90. The minimum absolute atomic E-state index is 0. The highest BCUT2D eigenvalue weighted by molar-refractivity contribution is 5.95. The van der Waals surface area contributed by atoms with Crippen molar-refractivity contribution in [2.45, 2.75) is 69.2 Å². The van der Waals surface area contributed by atoms with Crippen molar-refractivity contribution in [2.75, 3.05) is 42.1 Å². The van der Waals surface area contributed by atoms with Gasteiger partial charge in [0.15, 0.2) is 18.4 Å². The second kappa shape index (κ2) is 90.7. The number of carbonyl (C=O) groups excluding carboxylic acids is 5. The average Bonchev–Trinajstić information content (AvgIpc) is 0.880. The molecule has 0 saturated carbocycles. The van der Waals surface area contributed by atoms with Crippen LogP contribution in [0, 0.1) is 509 Å². The summed E-state index contributed by atoms with van der Waals surface area (Å²) < 4.78 is 3.28. The lowest BCUT2D eigenvalue weighted by molar-refractivity contribution is -0.671. The van der Waals surface area contributed by atoms with E-state index in [9.17, 15) is 24.0 Å². The van der Waals surface area contributed by atoms with Crippen LogP contribution in [0.3, 0.4) is 0 Å². The number of nitrogens with one attached hydrogen (secondary N) is 6. The van der Waals surface area contributed by atoms with Crippen LogP contribution in [0.25, 0.3) is 0 Å². The van der Waals surface area contributed by atoms with Crippen molar-refractivity contribution >= 4 is 58.5 Å². The molecule has 808 valence electrons. The summed E-state index contributed by atoms with van der Waals surface area (Å²) in [5, 5.41) is 20.8. The molecule has 0 spiro atoms. The van der Waals surface area contributed by atoms with E-state index in [1.807, 2.05) is 36.1 Å².